The molecule has 2 aliphatic carbocycles. The quantitative estimate of drug-likeness (QED) is 0.598. The zero-order chi connectivity index (χ0) is 12.4. The molecule has 17 heavy (non-hydrogen) atoms. The molecule has 86 valence electrons. The van der Waals surface area contributed by atoms with Crippen LogP contribution < -0.4 is 0 Å². The molecule has 0 amide bonds. The summed E-state index contributed by atoms with van der Waals surface area (Å²) in [6.45, 7) is 0. The topological polar surface area (TPSA) is 17.1 Å². The van der Waals surface area contributed by atoms with Gasteiger partial charge in [0.15, 0.2) is 0 Å². The molecular formula is C13H7ClF2O. The van der Waals surface area contributed by atoms with Crippen LogP contribution >= 0.6 is 11.6 Å². The van der Waals surface area contributed by atoms with E-state index < -0.39 is 11.1 Å². The summed E-state index contributed by atoms with van der Waals surface area (Å²) in [5.41, 5.74) is 1.79. The Kier molecular flexibility index (Phi) is 3.20. The van der Waals surface area contributed by atoms with Crippen molar-refractivity contribution in [2.24, 2.45) is 0 Å². The minimum atomic E-state index is -0.766. The Labute approximate surface area is 102 Å². The third-order valence-corrected chi connectivity index (χ3v) is 2.57. The van der Waals surface area contributed by atoms with Gasteiger partial charge in [-0.3, -0.25) is 4.79 Å². The molecular weight excluding hydrogens is 246 g/mol. The van der Waals surface area contributed by atoms with Crippen molar-refractivity contribution in [1.29, 1.82) is 0 Å². The lowest BCUT2D eigenvalue weighted by Crippen LogP contribution is -1.94. The highest BCUT2D eigenvalue weighted by molar-refractivity contribution is 6.67. The lowest BCUT2D eigenvalue weighted by Gasteiger charge is -2.13. The molecule has 0 radical (unpaired) electrons. The number of hydrogen-bond donors (Lipinski definition) is 0. The van der Waals surface area contributed by atoms with Crippen molar-refractivity contribution in [3.05, 3.63) is 59.7 Å². The second kappa shape index (κ2) is 4.63. The molecule has 0 bridgehead atoms. The first-order valence-corrected chi connectivity index (χ1v) is 5.21. The molecule has 3 rings (SSSR count). The standard InChI is InChI=1S/C7H4ClFO.C6H3F/c8-7(10)5-3-1-2-4-6(5)9;7-6-3-4-1-2-5(4)6/h1-4H;1-3H. The Hall–Kier alpha value is -1.74. The first kappa shape index (κ1) is 11.7. The zero-order valence-corrected chi connectivity index (χ0v) is 9.34. The number of carbonyl (C=O) groups excluding carboxylic acids is 1. The van der Waals surface area contributed by atoms with Crippen molar-refractivity contribution in [2.75, 3.05) is 0 Å². The van der Waals surface area contributed by atoms with Crippen LogP contribution in [0.5, 0.6) is 0 Å². The van der Waals surface area contributed by atoms with Gasteiger partial charge in [-0.25, -0.2) is 8.78 Å². The lowest BCUT2D eigenvalue weighted by atomic mass is 9.93. The number of carbonyl (C=O) groups is 1. The summed E-state index contributed by atoms with van der Waals surface area (Å²) in [5.74, 6) is -0.639. The summed E-state index contributed by atoms with van der Waals surface area (Å²) < 4.78 is 24.5. The van der Waals surface area contributed by atoms with Crippen LogP contribution in [0.2, 0.25) is 0 Å². The van der Waals surface area contributed by atoms with E-state index in [0.717, 1.165) is 11.1 Å². The van der Waals surface area contributed by atoms with Crippen LogP contribution in [0, 0.1) is 11.6 Å². The third kappa shape index (κ3) is 2.34. The van der Waals surface area contributed by atoms with Gasteiger partial charge < -0.3 is 0 Å². The van der Waals surface area contributed by atoms with Crippen molar-refractivity contribution in [3.8, 4) is 11.1 Å². The van der Waals surface area contributed by atoms with Crippen molar-refractivity contribution < 1.29 is 13.6 Å². The summed E-state index contributed by atoms with van der Waals surface area (Å²) in [5, 5.41) is -0.766. The van der Waals surface area contributed by atoms with Gasteiger partial charge in [0, 0.05) is 5.56 Å². The van der Waals surface area contributed by atoms with Crippen LogP contribution in [0.4, 0.5) is 8.78 Å². The number of rotatable bonds is 1. The monoisotopic (exact) mass is 252 g/mol. The van der Waals surface area contributed by atoms with Crippen LogP contribution in [0.1, 0.15) is 10.4 Å². The molecule has 0 heterocycles. The van der Waals surface area contributed by atoms with E-state index in [2.05, 4.69) is 0 Å². The highest BCUT2D eigenvalue weighted by Crippen LogP contribution is 2.34. The Balaban J connectivity index is 0.000000134. The van der Waals surface area contributed by atoms with Gasteiger partial charge in [-0.2, -0.15) is 0 Å². The van der Waals surface area contributed by atoms with Crippen molar-refractivity contribution >= 4 is 16.8 Å². The SMILES string of the molecule is Fc1cc2ccc1-2.O=C(Cl)c1ccccc1F. The van der Waals surface area contributed by atoms with E-state index in [1.54, 1.807) is 12.1 Å². The Bertz CT molecular complexity index is 581. The predicted molar refractivity (Wildman–Crippen MR) is 62.0 cm³/mol. The van der Waals surface area contributed by atoms with E-state index in [4.69, 9.17) is 11.6 Å². The smallest absolute Gasteiger partial charge is 0.255 e. The Morgan fingerprint density at radius 1 is 1.00 bits per heavy atom. The fourth-order valence-electron chi connectivity index (χ4n) is 1.36. The van der Waals surface area contributed by atoms with E-state index in [9.17, 15) is 13.6 Å². The third-order valence-electron chi connectivity index (χ3n) is 2.37. The molecule has 0 unspecified atom stereocenters. The van der Waals surface area contributed by atoms with Crippen LogP contribution in [-0.2, 0) is 0 Å². The van der Waals surface area contributed by atoms with Gasteiger partial charge in [-0.05, 0) is 35.4 Å². The highest BCUT2D eigenvalue weighted by atomic mass is 35.5. The molecule has 0 spiro atoms. The normalized spacial score (nSPS) is 10.3. The number of hydrogen-bond acceptors (Lipinski definition) is 1. The fraction of sp³-hybridized carbons (Fsp3) is 0. The number of halogens is 3. The van der Waals surface area contributed by atoms with Crippen molar-refractivity contribution in [1.82, 2.24) is 0 Å². The van der Waals surface area contributed by atoms with E-state index in [1.165, 1.54) is 24.3 Å². The summed E-state index contributed by atoms with van der Waals surface area (Å²) in [4.78, 5) is 10.4. The first-order valence-electron chi connectivity index (χ1n) is 4.84. The summed E-state index contributed by atoms with van der Waals surface area (Å²) in [6, 6.07) is 10.8. The maximum Gasteiger partial charge on any atom is 0.255 e. The number of benzene rings is 2. The maximum atomic E-state index is 12.5. The maximum absolute atomic E-state index is 12.5. The van der Waals surface area contributed by atoms with Gasteiger partial charge in [0.2, 0.25) is 0 Å². The molecule has 0 aromatic heterocycles. The van der Waals surface area contributed by atoms with Crippen molar-refractivity contribution in [3.63, 3.8) is 0 Å². The largest absolute Gasteiger partial charge is 0.275 e. The van der Waals surface area contributed by atoms with Gasteiger partial charge in [-0.15, -0.1) is 0 Å². The molecule has 0 atom stereocenters. The van der Waals surface area contributed by atoms with Crippen LogP contribution in [-0.4, -0.2) is 5.24 Å². The molecule has 1 aromatic rings. The lowest BCUT2D eigenvalue weighted by molar-refractivity contribution is 0.107. The summed E-state index contributed by atoms with van der Waals surface area (Å²) in [6.07, 6.45) is 0. The molecule has 0 saturated carbocycles. The van der Waals surface area contributed by atoms with Gasteiger partial charge in [0.05, 0.1) is 5.56 Å². The van der Waals surface area contributed by atoms with Crippen LogP contribution in [0.15, 0.2) is 42.5 Å². The first-order chi connectivity index (χ1) is 8.09. The van der Waals surface area contributed by atoms with E-state index >= 15 is 0 Å². The molecule has 0 aliphatic heterocycles. The van der Waals surface area contributed by atoms with Gasteiger partial charge in [-0.1, -0.05) is 24.3 Å². The predicted octanol–water partition coefficient (Wildman–Crippen LogP) is 4.01. The Morgan fingerprint density at radius 2 is 1.71 bits per heavy atom. The molecule has 2 aliphatic rings. The fourth-order valence-corrected chi connectivity index (χ4v) is 1.52. The van der Waals surface area contributed by atoms with E-state index in [1.807, 2.05) is 6.07 Å². The van der Waals surface area contributed by atoms with Gasteiger partial charge >= 0.3 is 0 Å². The highest BCUT2D eigenvalue weighted by Gasteiger charge is 2.14. The second-order valence-corrected chi connectivity index (χ2v) is 3.79. The van der Waals surface area contributed by atoms with Crippen LogP contribution in [0.3, 0.4) is 0 Å². The molecule has 0 N–H and O–H groups in total. The molecule has 0 fully saturated rings. The minimum absolute atomic E-state index is 0.0579. The van der Waals surface area contributed by atoms with Crippen molar-refractivity contribution in [2.45, 2.75) is 0 Å². The minimum Gasteiger partial charge on any atom is -0.275 e. The average molecular weight is 253 g/mol. The molecule has 1 nitrogen and oxygen atoms in total. The van der Waals surface area contributed by atoms with Crippen LogP contribution in [0.25, 0.3) is 11.1 Å². The average Bonchev–Trinajstić information content (AvgIpc) is 2.26. The van der Waals surface area contributed by atoms with E-state index in [-0.39, 0.29) is 11.4 Å². The Morgan fingerprint density at radius 3 is 1.94 bits per heavy atom. The van der Waals surface area contributed by atoms with Gasteiger partial charge in [0.1, 0.15) is 11.6 Å². The summed E-state index contributed by atoms with van der Waals surface area (Å²) >= 11 is 5.03. The molecule has 1 aromatic carbocycles. The molecule has 4 heteroatoms. The second-order valence-electron chi connectivity index (χ2n) is 3.45. The van der Waals surface area contributed by atoms with Gasteiger partial charge in [0.25, 0.3) is 5.24 Å². The summed E-state index contributed by atoms with van der Waals surface area (Å²) in [7, 11) is 0. The molecule has 0 saturated heterocycles. The number of fused-ring (bicyclic) bond motifs is 1. The van der Waals surface area contributed by atoms with E-state index in [0.29, 0.717) is 0 Å². The zero-order valence-electron chi connectivity index (χ0n) is 8.58.